The molecular formula is C25H25N3O3S. The number of carbonyl (C=O) groups is 3. The molecule has 4 rings (SSSR count). The first-order valence-corrected chi connectivity index (χ1v) is 11.4. The summed E-state index contributed by atoms with van der Waals surface area (Å²) in [6, 6.07) is 20.1. The van der Waals surface area contributed by atoms with E-state index >= 15 is 0 Å². The molecule has 6 nitrogen and oxygen atoms in total. The highest BCUT2D eigenvalue weighted by Crippen LogP contribution is 2.29. The van der Waals surface area contributed by atoms with Gasteiger partial charge in [0.2, 0.25) is 5.91 Å². The molecule has 4 amide bonds. The molecule has 1 aliphatic rings. The second-order valence-electron chi connectivity index (χ2n) is 7.92. The fraction of sp³-hybridized carbons (Fsp3) is 0.240. The molecule has 0 radical (unpaired) electrons. The van der Waals surface area contributed by atoms with Gasteiger partial charge < -0.3 is 10.6 Å². The number of amides is 4. The van der Waals surface area contributed by atoms with E-state index in [9.17, 15) is 14.4 Å². The van der Waals surface area contributed by atoms with Gasteiger partial charge in [-0.1, -0.05) is 67.6 Å². The fourth-order valence-electron chi connectivity index (χ4n) is 3.88. The predicted molar refractivity (Wildman–Crippen MR) is 124 cm³/mol. The highest BCUT2D eigenvalue weighted by atomic mass is 32.1. The summed E-state index contributed by atoms with van der Waals surface area (Å²) in [5.74, 6) is -0.840. The number of urea groups is 1. The highest BCUT2D eigenvalue weighted by molar-refractivity contribution is 7.10. The van der Waals surface area contributed by atoms with Crippen molar-refractivity contribution in [3.05, 3.63) is 93.7 Å². The number of imide groups is 1. The summed E-state index contributed by atoms with van der Waals surface area (Å²) in [7, 11) is 0. The minimum atomic E-state index is -1.19. The average molecular weight is 448 g/mol. The van der Waals surface area contributed by atoms with Gasteiger partial charge in [-0.25, -0.2) is 4.79 Å². The zero-order valence-corrected chi connectivity index (χ0v) is 18.8. The van der Waals surface area contributed by atoms with Crippen molar-refractivity contribution in [2.45, 2.75) is 31.8 Å². The van der Waals surface area contributed by atoms with Gasteiger partial charge in [0.25, 0.3) is 5.91 Å². The normalized spacial score (nSPS) is 19.0. The molecule has 1 aliphatic heterocycles. The third-order valence-corrected chi connectivity index (χ3v) is 6.72. The maximum atomic E-state index is 13.1. The van der Waals surface area contributed by atoms with Crippen LogP contribution in [0.5, 0.6) is 0 Å². The van der Waals surface area contributed by atoms with E-state index in [2.05, 4.69) is 17.6 Å². The van der Waals surface area contributed by atoms with Crippen LogP contribution in [-0.2, 0) is 21.5 Å². The van der Waals surface area contributed by atoms with E-state index in [0.717, 1.165) is 21.8 Å². The van der Waals surface area contributed by atoms with E-state index < -0.39 is 23.4 Å². The molecule has 1 fully saturated rings. The number of rotatable bonds is 7. The van der Waals surface area contributed by atoms with Crippen LogP contribution in [0.15, 0.2) is 72.1 Å². The Morgan fingerprint density at radius 2 is 1.78 bits per heavy atom. The summed E-state index contributed by atoms with van der Waals surface area (Å²) in [4.78, 5) is 40.6. The van der Waals surface area contributed by atoms with Crippen molar-refractivity contribution in [3.8, 4) is 0 Å². The predicted octanol–water partition coefficient (Wildman–Crippen LogP) is 3.98. The number of hydrogen-bond acceptors (Lipinski definition) is 4. The molecular weight excluding hydrogens is 422 g/mol. The lowest BCUT2D eigenvalue weighted by atomic mass is 9.92. The van der Waals surface area contributed by atoms with Crippen LogP contribution in [0.2, 0.25) is 0 Å². The Bertz CT molecular complexity index is 1110. The molecule has 164 valence electrons. The number of thiophene rings is 1. The monoisotopic (exact) mass is 447 g/mol. The summed E-state index contributed by atoms with van der Waals surface area (Å²) < 4.78 is 0. The molecule has 0 saturated carbocycles. The molecule has 2 atom stereocenters. The van der Waals surface area contributed by atoms with Crippen LogP contribution in [0.3, 0.4) is 0 Å². The molecule has 1 saturated heterocycles. The van der Waals surface area contributed by atoms with Gasteiger partial charge in [0.05, 0.1) is 6.04 Å². The zero-order valence-electron chi connectivity index (χ0n) is 18.0. The van der Waals surface area contributed by atoms with E-state index in [1.807, 2.05) is 60.0 Å². The molecule has 2 N–H and O–H groups in total. The van der Waals surface area contributed by atoms with Crippen LogP contribution in [-0.4, -0.2) is 29.3 Å². The van der Waals surface area contributed by atoms with Crippen LogP contribution in [0, 0.1) is 0 Å². The van der Waals surface area contributed by atoms with Crippen molar-refractivity contribution in [3.63, 3.8) is 0 Å². The lowest BCUT2D eigenvalue weighted by Crippen LogP contribution is -2.44. The van der Waals surface area contributed by atoms with E-state index in [1.165, 1.54) is 5.56 Å². The van der Waals surface area contributed by atoms with Crippen molar-refractivity contribution >= 4 is 29.2 Å². The Balaban J connectivity index is 1.52. The summed E-state index contributed by atoms with van der Waals surface area (Å²) in [6.45, 7) is 3.40. The molecule has 2 aromatic carbocycles. The second kappa shape index (κ2) is 8.96. The molecule has 2 unspecified atom stereocenters. The van der Waals surface area contributed by atoms with Crippen molar-refractivity contribution in [2.24, 2.45) is 0 Å². The Hall–Kier alpha value is -3.45. The number of hydrogen-bond donors (Lipinski definition) is 2. The summed E-state index contributed by atoms with van der Waals surface area (Å²) in [6.07, 6.45) is 0.933. The minimum Gasteiger partial charge on any atom is -0.343 e. The van der Waals surface area contributed by atoms with Gasteiger partial charge in [-0.15, -0.1) is 11.3 Å². The third-order valence-electron chi connectivity index (χ3n) is 5.78. The molecule has 1 aromatic heterocycles. The summed E-state index contributed by atoms with van der Waals surface area (Å²) in [5.41, 5.74) is 1.64. The van der Waals surface area contributed by atoms with E-state index in [1.54, 1.807) is 30.4 Å². The first kappa shape index (κ1) is 21.8. The van der Waals surface area contributed by atoms with Gasteiger partial charge >= 0.3 is 6.03 Å². The van der Waals surface area contributed by atoms with Crippen molar-refractivity contribution in [2.75, 3.05) is 6.54 Å². The van der Waals surface area contributed by atoms with Gasteiger partial charge in [-0.05, 0) is 41.5 Å². The standard InChI is InChI=1S/C25H25N3O3S/c1-3-17-11-13-18(14-12-17)22(20-10-7-15-32-20)26-21(29)16-28-23(30)25(2,27-24(28)31)19-8-5-4-6-9-19/h4-15,22H,3,16H2,1-2H3,(H,26,29)(H,27,31). The second-order valence-corrected chi connectivity index (χ2v) is 8.90. The average Bonchev–Trinajstić information content (AvgIpc) is 3.42. The molecule has 32 heavy (non-hydrogen) atoms. The van der Waals surface area contributed by atoms with Crippen LogP contribution in [0.1, 0.15) is 41.5 Å². The van der Waals surface area contributed by atoms with E-state index in [0.29, 0.717) is 5.56 Å². The molecule has 0 spiro atoms. The summed E-state index contributed by atoms with van der Waals surface area (Å²) >= 11 is 1.54. The summed E-state index contributed by atoms with van der Waals surface area (Å²) in [5, 5.41) is 7.70. The Morgan fingerprint density at radius 3 is 2.41 bits per heavy atom. The molecule has 0 bridgehead atoms. The van der Waals surface area contributed by atoms with Crippen LogP contribution in [0.25, 0.3) is 0 Å². The Morgan fingerprint density at radius 1 is 1.06 bits per heavy atom. The van der Waals surface area contributed by atoms with Gasteiger partial charge in [-0.3, -0.25) is 14.5 Å². The van der Waals surface area contributed by atoms with Crippen LogP contribution < -0.4 is 10.6 Å². The third kappa shape index (κ3) is 4.16. The SMILES string of the molecule is CCc1ccc(C(NC(=O)CN2C(=O)NC(C)(c3ccccc3)C2=O)c2cccs2)cc1. The van der Waals surface area contributed by atoms with Crippen molar-refractivity contribution in [1.82, 2.24) is 15.5 Å². The first-order valence-electron chi connectivity index (χ1n) is 10.5. The quantitative estimate of drug-likeness (QED) is 0.538. The Labute approximate surface area is 191 Å². The zero-order chi connectivity index (χ0) is 22.7. The van der Waals surface area contributed by atoms with E-state index in [-0.39, 0.29) is 12.6 Å². The number of carbonyl (C=O) groups excluding carboxylic acids is 3. The molecule has 7 heteroatoms. The maximum absolute atomic E-state index is 13.1. The first-order chi connectivity index (χ1) is 15.4. The number of nitrogens with zero attached hydrogens (tertiary/aromatic N) is 1. The lowest BCUT2D eigenvalue weighted by Gasteiger charge is -2.23. The van der Waals surface area contributed by atoms with Gasteiger partial charge in [0, 0.05) is 4.88 Å². The van der Waals surface area contributed by atoms with Gasteiger partial charge in [0.15, 0.2) is 0 Å². The van der Waals surface area contributed by atoms with Crippen LogP contribution in [0.4, 0.5) is 4.79 Å². The fourth-order valence-corrected chi connectivity index (χ4v) is 4.68. The smallest absolute Gasteiger partial charge is 0.325 e. The Kier molecular flexibility index (Phi) is 6.10. The van der Waals surface area contributed by atoms with Crippen LogP contribution >= 0.6 is 11.3 Å². The number of nitrogens with one attached hydrogen (secondary N) is 2. The molecule has 2 heterocycles. The van der Waals surface area contributed by atoms with Crippen molar-refractivity contribution < 1.29 is 14.4 Å². The van der Waals surface area contributed by atoms with Crippen molar-refractivity contribution in [1.29, 1.82) is 0 Å². The minimum absolute atomic E-state index is 0.345. The maximum Gasteiger partial charge on any atom is 0.325 e. The van der Waals surface area contributed by atoms with E-state index in [4.69, 9.17) is 0 Å². The molecule has 0 aliphatic carbocycles. The topological polar surface area (TPSA) is 78.5 Å². The highest BCUT2D eigenvalue weighted by Gasteiger charge is 2.49. The largest absolute Gasteiger partial charge is 0.343 e. The number of benzene rings is 2. The number of aryl methyl sites for hydroxylation is 1. The van der Waals surface area contributed by atoms with Gasteiger partial charge in [-0.2, -0.15) is 0 Å². The molecule has 3 aromatic rings. The van der Waals surface area contributed by atoms with Gasteiger partial charge in [0.1, 0.15) is 12.1 Å². The lowest BCUT2D eigenvalue weighted by molar-refractivity contribution is -0.135.